The molecule has 2 aromatic heterocycles. The molecule has 0 saturated carbocycles. The topological polar surface area (TPSA) is 24.3 Å². The predicted molar refractivity (Wildman–Crippen MR) is 253 cm³/mol. The van der Waals surface area contributed by atoms with Crippen molar-refractivity contribution >= 4 is 44.6 Å². The van der Waals surface area contributed by atoms with E-state index < -0.39 is 10.8 Å². The average molecular weight is 985 g/mol. The first-order valence-corrected chi connectivity index (χ1v) is 21.2. The Morgan fingerprint density at radius 2 is 1.10 bits per heavy atom. The summed E-state index contributed by atoms with van der Waals surface area (Å²) in [5.74, 6) is 0.864. The van der Waals surface area contributed by atoms with Crippen molar-refractivity contribution in [1.29, 1.82) is 0 Å². The number of anilines is 4. The normalized spacial score (nSPS) is 13.1. The summed E-state index contributed by atoms with van der Waals surface area (Å²) >= 11 is 0. The molecule has 0 N–H and O–H groups in total. The van der Waals surface area contributed by atoms with Gasteiger partial charge in [0, 0.05) is 55.3 Å². The standard InChI is InChI=1S/C57H49N4.Pt/c1-55(2,3)44-34-45(36-47(35-44)60-39-59(46-24-14-9-15-25-46)51-28-18-19-29-52(51)60)56(4,5)42-30-31-49-48-26-16-17-27-50(48)61(53(49)37-42)54-38-43(32-33-58-54)57(6,40-20-10-7-11-21-40)41-22-12-8-13-23-41;/h7-35,38-39H,1-6H3;/q-3;. The van der Waals surface area contributed by atoms with Gasteiger partial charge in [-0.15, -0.1) is 23.8 Å². The third kappa shape index (κ3) is 6.95. The molecule has 0 saturated heterocycles. The van der Waals surface area contributed by atoms with Crippen molar-refractivity contribution in [2.45, 2.75) is 57.8 Å². The zero-order valence-corrected chi connectivity index (χ0v) is 38.3. The van der Waals surface area contributed by atoms with E-state index in [0.717, 1.165) is 56.1 Å². The molecular weight excluding hydrogens is 936 g/mol. The minimum Gasteiger partial charge on any atom is -0.493 e. The van der Waals surface area contributed by atoms with Gasteiger partial charge in [-0.2, -0.15) is 47.0 Å². The second kappa shape index (κ2) is 15.9. The van der Waals surface area contributed by atoms with Crippen molar-refractivity contribution in [1.82, 2.24) is 9.55 Å². The molecule has 7 aromatic carbocycles. The van der Waals surface area contributed by atoms with Crippen molar-refractivity contribution in [3.8, 4) is 5.82 Å². The molecule has 1 aliphatic rings. The SMILES string of the molecule is CC(C)(C)c1cc(N2[CH-]N(c3ccccc3)c3ccccc32)[c-]c(C(C)(C)c2[c-]c3c(cc2)c2ccccc2n3-c2cc(C(C)(c3ccccc3)c3ccccc3)ccn2)c1.[Pt]. The van der Waals surface area contributed by atoms with Crippen LogP contribution in [0, 0.1) is 18.8 Å². The van der Waals surface area contributed by atoms with Crippen LogP contribution in [0.2, 0.25) is 0 Å². The van der Waals surface area contributed by atoms with E-state index in [1.165, 1.54) is 27.6 Å². The summed E-state index contributed by atoms with van der Waals surface area (Å²) in [6.45, 7) is 16.0. The first-order valence-electron chi connectivity index (χ1n) is 21.2. The molecular formula is C57H49N4Pt-3. The fraction of sp³-hybridized carbons (Fsp3) is 0.158. The molecule has 3 heterocycles. The molecule has 0 aliphatic carbocycles. The molecule has 10 rings (SSSR count). The largest absolute Gasteiger partial charge is 0.493 e. The number of hydrogen-bond donors (Lipinski definition) is 0. The van der Waals surface area contributed by atoms with E-state index in [9.17, 15) is 0 Å². The Bertz CT molecular complexity index is 3000. The summed E-state index contributed by atoms with van der Waals surface area (Å²) in [6, 6.07) is 71.0. The molecule has 0 amide bonds. The predicted octanol–water partition coefficient (Wildman–Crippen LogP) is 14.2. The van der Waals surface area contributed by atoms with E-state index in [4.69, 9.17) is 4.98 Å². The van der Waals surface area contributed by atoms with Gasteiger partial charge in [-0.25, -0.2) is 4.98 Å². The second-order valence-corrected chi connectivity index (χ2v) is 18.0. The van der Waals surface area contributed by atoms with E-state index in [-0.39, 0.29) is 26.5 Å². The molecule has 9 aromatic rings. The van der Waals surface area contributed by atoms with Crippen molar-refractivity contribution in [3.05, 3.63) is 234 Å². The van der Waals surface area contributed by atoms with Gasteiger partial charge in [0.05, 0.1) is 0 Å². The number of fused-ring (bicyclic) bond motifs is 4. The molecule has 0 bridgehead atoms. The molecule has 0 radical (unpaired) electrons. The zero-order chi connectivity index (χ0) is 41.9. The molecule has 4 nitrogen and oxygen atoms in total. The van der Waals surface area contributed by atoms with Gasteiger partial charge >= 0.3 is 0 Å². The minimum atomic E-state index is -0.460. The van der Waals surface area contributed by atoms with E-state index >= 15 is 0 Å². The maximum Gasteiger partial charge on any atom is 0.135 e. The number of rotatable bonds is 8. The Balaban J connectivity index is 0.00000490. The van der Waals surface area contributed by atoms with Gasteiger partial charge < -0.3 is 14.4 Å². The van der Waals surface area contributed by atoms with Crippen molar-refractivity contribution in [2.24, 2.45) is 0 Å². The molecule has 0 spiro atoms. The van der Waals surface area contributed by atoms with Crippen LogP contribution >= 0.6 is 0 Å². The summed E-state index contributed by atoms with van der Waals surface area (Å²) in [6.07, 6.45) is 1.96. The number of nitrogens with zero attached hydrogens (tertiary/aromatic N) is 4. The smallest absolute Gasteiger partial charge is 0.135 e. The van der Waals surface area contributed by atoms with Crippen LogP contribution in [0.3, 0.4) is 0 Å². The van der Waals surface area contributed by atoms with Gasteiger partial charge in [0.1, 0.15) is 5.82 Å². The molecule has 1 aliphatic heterocycles. The van der Waals surface area contributed by atoms with E-state index in [1.54, 1.807) is 0 Å². The Morgan fingerprint density at radius 3 is 1.76 bits per heavy atom. The van der Waals surface area contributed by atoms with Crippen LogP contribution in [0.1, 0.15) is 74.9 Å². The van der Waals surface area contributed by atoms with Crippen LogP contribution in [-0.4, -0.2) is 9.55 Å². The van der Waals surface area contributed by atoms with Crippen LogP contribution in [0.15, 0.2) is 182 Å². The minimum absolute atomic E-state index is 0. The molecule has 0 unspecified atom stereocenters. The van der Waals surface area contributed by atoms with Gasteiger partial charge in [0.2, 0.25) is 0 Å². The van der Waals surface area contributed by atoms with E-state index in [2.05, 4.69) is 251 Å². The number of hydrogen-bond acceptors (Lipinski definition) is 3. The van der Waals surface area contributed by atoms with Crippen molar-refractivity contribution < 1.29 is 21.1 Å². The van der Waals surface area contributed by atoms with Gasteiger partial charge in [-0.05, 0) is 82.3 Å². The zero-order valence-electron chi connectivity index (χ0n) is 36.0. The fourth-order valence-electron chi connectivity index (χ4n) is 9.09. The molecule has 0 fully saturated rings. The number of para-hydroxylation sites is 4. The van der Waals surface area contributed by atoms with E-state index in [0.29, 0.717) is 0 Å². The Morgan fingerprint density at radius 1 is 0.500 bits per heavy atom. The van der Waals surface area contributed by atoms with Crippen LogP contribution in [0.5, 0.6) is 0 Å². The van der Waals surface area contributed by atoms with Gasteiger partial charge in [0.25, 0.3) is 0 Å². The summed E-state index contributed by atoms with van der Waals surface area (Å²) in [5.41, 5.74) is 12.6. The maximum atomic E-state index is 5.10. The Hall–Kier alpha value is -6.22. The third-order valence-corrected chi connectivity index (χ3v) is 12.8. The summed E-state index contributed by atoms with van der Waals surface area (Å²) in [7, 11) is 0. The van der Waals surface area contributed by atoms with Crippen LogP contribution in [0.25, 0.3) is 27.6 Å². The van der Waals surface area contributed by atoms with Crippen molar-refractivity contribution in [3.63, 3.8) is 0 Å². The first-order chi connectivity index (χ1) is 29.5. The number of aromatic nitrogens is 2. The van der Waals surface area contributed by atoms with Gasteiger partial charge in [-0.1, -0.05) is 149 Å². The summed E-state index contributed by atoms with van der Waals surface area (Å²) in [5, 5.41) is 2.32. The third-order valence-electron chi connectivity index (χ3n) is 12.8. The quantitative estimate of drug-likeness (QED) is 0.142. The molecule has 310 valence electrons. The molecule has 62 heavy (non-hydrogen) atoms. The van der Waals surface area contributed by atoms with E-state index in [1.807, 2.05) is 6.20 Å². The number of benzene rings is 7. The second-order valence-electron chi connectivity index (χ2n) is 18.0. The Labute approximate surface area is 380 Å². The van der Waals surface area contributed by atoms with Crippen LogP contribution in [-0.2, 0) is 37.3 Å². The van der Waals surface area contributed by atoms with Gasteiger partial charge in [0.15, 0.2) is 0 Å². The maximum absolute atomic E-state index is 5.10. The van der Waals surface area contributed by atoms with Crippen LogP contribution < -0.4 is 9.80 Å². The van der Waals surface area contributed by atoms with Crippen LogP contribution in [0.4, 0.5) is 22.7 Å². The summed E-state index contributed by atoms with van der Waals surface area (Å²) in [4.78, 5) is 9.66. The summed E-state index contributed by atoms with van der Waals surface area (Å²) < 4.78 is 2.30. The number of pyridine rings is 1. The Kier molecular flexibility index (Phi) is 10.6. The first kappa shape index (κ1) is 41.1. The molecule has 0 atom stereocenters. The van der Waals surface area contributed by atoms with Crippen molar-refractivity contribution in [2.75, 3.05) is 9.80 Å². The van der Waals surface area contributed by atoms with Gasteiger partial charge in [-0.3, -0.25) is 0 Å². The monoisotopic (exact) mass is 984 g/mol. The fourth-order valence-corrected chi connectivity index (χ4v) is 9.09. The molecule has 5 heteroatoms. The average Bonchev–Trinajstić information content (AvgIpc) is 3.85.